The minimum atomic E-state index is -3.89. The molecule has 2 N–H and O–H groups in total. The van der Waals surface area contributed by atoms with Crippen molar-refractivity contribution >= 4 is 27.1 Å². The number of sulfonamides is 1. The molecule has 3 aromatic carbocycles. The summed E-state index contributed by atoms with van der Waals surface area (Å²) in [5.41, 5.74) is 3.10. The predicted molar refractivity (Wildman–Crippen MR) is 128 cm³/mol. The van der Waals surface area contributed by atoms with Gasteiger partial charge in [0, 0.05) is 16.9 Å². The molecule has 4 aromatic rings. The molecule has 0 aliphatic rings. The van der Waals surface area contributed by atoms with E-state index in [1.165, 1.54) is 25.3 Å². The first-order valence-electron chi connectivity index (χ1n) is 9.99. The summed E-state index contributed by atoms with van der Waals surface area (Å²) in [6.07, 6.45) is 0. The lowest BCUT2D eigenvalue weighted by Crippen LogP contribution is -2.14. The van der Waals surface area contributed by atoms with Crippen LogP contribution in [-0.4, -0.2) is 20.5 Å². The lowest BCUT2D eigenvalue weighted by molar-refractivity contribution is 0.397. The van der Waals surface area contributed by atoms with Gasteiger partial charge in [-0.15, -0.1) is 0 Å². The molecule has 8 heteroatoms. The van der Waals surface area contributed by atoms with Crippen molar-refractivity contribution in [2.75, 3.05) is 17.1 Å². The van der Waals surface area contributed by atoms with E-state index in [4.69, 9.17) is 4.74 Å². The van der Waals surface area contributed by atoms with E-state index in [9.17, 15) is 13.7 Å². The van der Waals surface area contributed by atoms with Gasteiger partial charge in [-0.3, -0.25) is 4.72 Å². The number of rotatable bonds is 7. The topological polar surface area (TPSA) is 104 Å². The van der Waals surface area contributed by atoms with E-state index >= 15 is 0 Å². The summed E-state index contributed by atoms with van der Waals surface area (Å²) in [4.78, 5) is 4.54. The molecule has 0 unspecified atom stereocenters. The first-order chi connectivity index (χ1) is 16.0. The van der Waals surface area contributed by atoms with Crippen molar-refractivity contribution in [3.63, 3.8) is 0 Å². The Morgan fingerprint density at radius 1 is 0.879 bits per heavy atom. The van der Waals surface area contributed by atoms with Gasteiger partial charge in [-0.2, -0.15) is 5.26 Å². The number of aromatic nitrogens is 1. The molecule has 0 spiro atoms. The first-order valence-corrected chi connectivity index (χ1v) is 11.5. The third-order valence-electron chi connectivity index (χ3n) is 4.82. The molecule has 164 valence electrons. The molecular formula is C25H20N4O3S. The Bertz CT molecular complexity index is 1400. The number of ether oxygens (including phenoxy) is 1. The Morgan fingerprint density at radius 3 is 2.09 bits per heavy atom. The van der Waals surface area contributed by atoms with E-state index in [1.54, 1.807) is 18.2 Å². The zero-order valence-corrected chi connectivity index (χ0v) is 18.5. The van der Waals surface area contributed by atoms with E-state index < -0.39 is 10.0 Å². The quantitative estimate of drug-likeness (QED) is 0.397. The van der Waals surface area contributed by atoms with Crippen LogP contribution in [0.5, 0.6) is 5.88 Å². The van der Waals surface area contributed by atoms with Gasteiger partial charge in [0.05, 0.1) is 23.4 Å². The molecule has 1 aromatic heterocycles. The Hall–Kier alpha value is -4.35. The second kappa shape index (κ2) is 9.42. The Labute approximate surface area is 192 Å². The summed E-state index contributed by atoms with van der Waals surface area (Å²) in [6, 6.07) is 28.5. The van der Waals surface area contributed by atoms with Crippen molar-refractivity contribution in [1.29, 1.82) is 5.26 Å². The number of pyridine rings is 1. The molecule has 0 fully saturated rings. The van der Waals surface area contributed by atoms with Crippen LogP contribution >= 0.6 is 0 Å². The molecule has 0 bridgehead atoms. The second-order valence-corrected chi connectivity index (χ2v) is 8.72. The third kappa shape index (κ3) is 4.95. The summed E-state index contributed by atoms with van der Waals surface area (Å²) in [6.45, 7) is 0. The SMILES string of the molecule is COc1nc(-c2ccc(Nc3ccccc3)cc2)c(NS(=O)(=O)c2ccccc2)cc1C#N. The van der Waals surface area contributed by atoms with Crippen LogP contribution in [0.4, 0.5) is 17.1 Å². The average molecular weight is 457 g/mol. The Kier molecular flexibility index (Phi) is 6.24. The van der Waals surface area contributed by atoms with Gasteiger partial charge in [-0.25, -0.2) is 13.4 Å². The van der Waals surface area contributed by atoms with Crippen LogP contribution in [0.25, 0.3) is 11.3 Å². The van der Waals surface area contributed by atoms with E-state index in [2.05, 4.69) is 15.0 Å². The van der Waals surface area contributed by atoms with Crippen molar-refractivity contribution in [3.05, 3.63) is 96.6 Å². The number of nitrogens with one attached hydrogen (secondary N) is 2. The fourth-order valence-corrected chi connectivity index (χ4v) is 4.31. The monoisotopic (exact) mass is 456 g/mol. The van der Waals surface area contributed by atoms with Crippen LogP contribution in [0.3, 0.4) is 0 Å². The third-order valence-corrected chi connectivity index (χ3v) is 6.20. The van der Waals surface area contributed by atoms with E-state index in [0.717, 1.165) is 11.4 Å². The van der Waals surface area contributed by atoms with Gasteiger partial charge in [0.1, 0.15) is 11.6 Å². The number of anilines is 3. The molecule has 0 atom stereocenters. The van der Waals surface area contributed by atoms with Crippen LogP contribution in [0.2, 0.25) is 0 Å². The standard InChI is InChI=1S/C25H20N4O3S/c1-32-25-19(17-26)16-23(29-33(30,31)22-10-6-3-7-11-22)24(28-25)18-12-14-21(15-13-18)27-20-8-4-2-5-9-20/h2-16,27,29H,1H3. The average Bonchev–Trinajstić information content (AvgIpc) is 2.85. The van der Waals surface area contributed by atoms with Crippen LogP contribution in [0.1, 0.15) is 5.56 Å². The predicted octanol–water partition coefficient (Wildman–Crippen LogP) is 5.17. The van der Waals surface area contributed by atoms with Gasteiger partial charge >= 0.3 is 0 Å². The fourth-order valence-electron chi connectivity index (χ4n) is 3.23. The highest BCUT2D eigenvalue weighted by Gasteiger charge is 2.20. The normalized spacial score (nSPS) is 10.8. The van der Waals surface area contributed by atoms with E-state index in [1.807, 2.05) is 60.7 Å². The lowest BCUT2D eigenvalue weighted by atomic mass is 10.1. The number of nitriles is 1. The van der Waals surface area contributed by atoms with Gasteiger partial charge in [-0.05, 0) is 42.5 Å². The van der Waals surface area contributed by atoms with E-state index in [0.29, 0.717) is 11.3 Å². The van der Waals surface area contributed by atoms with Crippen LogP contribution in [0, 0.1) is 11.3 Å². The summed E-state index contributed by atoms with van der Waals surface area (Å²) < 4.78 is 33.7. The maximum atomic E-state index is 12.9. The summed E-state index contributed by atoms with van der Waals surface area (Å²) >= 11 is 0. The molecule has 0 saturated heterocycles. The van der Waals surface area contributed by atoms with Gasteiger partial charge in [0.15, 0.2) is 0 Å². The highest BCUT2D eigenvalue weighted by atomic mass is 32.2. The maximum absolute atomic E-state index is 12.9. The molecular weight excluding hydrogens is 436 g/mol. The summed E-state index contributed by atoms with van der Waals surface area (Å²) in [7, 11) is -2.48. The van der Waals surface area contributed by atoms with Crippen LogP contribution in [-0.2, 0) is 10.0 Å². The zero-order valence-electron chi connectivity index (χ0n) is 17.7. The largest absolute Gasteiger partial charge is 0.480 e. The summed E-state index contributed by atoms with van der Waals surface area (Å²) in [5.74, 6) is 0.113. The minimum absolute atomic E-state index is 0.104. The fraction of sp³-hybridized carbons (Fsp3) is 0.0400. The smallest absolute Gasteiger partial charge is 0.261 e. The Morgan fingerprint density at radius 2 is 1.48 bits per heavy atom. The number of hydrogen-bond acceptors (Lipinski definition) is 6. The Balaban J connectivity index is 1.73. The zero-order chi connectivity index (χ0) is 23.3. The molecule has 0 aliphatic heterocycles. The minimum Gasteiger partial charge on any atom is -0.480 e. The van der Waals surface area contributed by atoms with Crippen molar-refractivity contribution in [2.45, 2.75) is 4.90 Å². The van der Waals surface area contributed by atoms with Crippen molar-refractivity contribution in [3.8, 4) is 23.2 Å². The number of benzene rings is 3. The van der Waals surface area contributed by atoms with E-state index in [-0.39, 0.29) is 22.0 Å². The maximum Gasteiger partial charge on any atom is 0.261 e. The molecule has 0 saturated carbocycles. The molecule has 7 nitrogen and oxygen atoms in total. The van der Waals surface area contributed by atoms with Crippen LogP contribution < -0.4 is 14.8 Å². The molecule has 4 rings (SSSR count). The lowest BCUT2D eigenvalue weighted by Gasteiger charge is -2.15. The number of nitrogens with zero attached hydrogens (tertiary/aromatic N) is 2. The van der Waals surface area contributed by atoms with Gasteiger partial charge in [0.25, 0.3) is 10.0 Å². The summed E-state index contributed by atoms with van der Waals surface area (Å²) in [5, 5.41) is 12.8. The molecule has 0 radical (unpaired) electrons. The second-order valence-electron chi connectivity index (χ2n) is 7.04. The molecule has 1 heterocycles. The molecule has 0 amide bonds. The number of para-hydroxylation sites is 1. The van der Waals surface area contributed by atoms with Gasteiger partial charge < -0.3 is 10.1 Å². The molecule has 0 aliphatic carbocycles. The van der Waals surface area contributed by atoms with Gasteiger partial charge in [-0.1, -0.05) is 48.5 Å². The first kappa shape index (κ1) is 21.9. The van der Waals surface area contributed by atoms with Crippen LogP contribution in [0.15, 0.2) is 95.9 Å². The number of hydrogen-bond donors (Lipinski definition) is 2. The number of methoxy groups -OCH3 is 1. The van der Waals surface area contributed by atoms with Gasteiger partial charge in [0.2, 0.25) is 5.88 Å². The van der Waals surface area contributed by atoms with Crippen molar-refractivity contribution in [1.82, 2.24) is 4.98 Å². The highest BCUT2D eigenvalue weighted by molar-refractivity contribution is 7.92. The highest BCUT2D eigenvalue weighted by Crippen LogP contribution is 2.33. The van der Waals surface area contributed by atoms with Crippen molar-refractivity contribution in [2.24, 2.45) is 0 Å². The molecule has 33 heavy (non-hydrogen) atoms. The van der Waals surface area contributed by atoms with Crippen molar-refractivity contribution < 1.29 is 13.2 Å².